The number of hydrogen-bond donors (Lipinski definition) is 1. The zero-order valence-electron chi connectivity index (χ0n) is 9.88. The molecule has 2 N–H and O–H groups in total. The second-order valence-corrected chi connectivity index (χ2v) is 4.30. The van der Waals surface area contributed by atoms with E-state index in [9.17, 15) is 13.6 Å². The number of carbonyl (C=O) groups excluding carboxylic acids is 1. The van der Waals surface area contributed by atoms with Gasteiger partial charge in [0.2, 0.25) is 0 Å². The predicted molar refractivity (Wildman–Crippen MR) is 62.8 cm³/mol. The summed E-state index contributed by atoms with van der Waals surface area (Å²) in [5, 5.41) is 0. The summed E-state index contributed by atoms with van der Waals surface area (Å²) in [5.41, 5.74) is 5.50. The highest BCUT2D eigenvalue weighted by atomic mass is 19.1. The number of nitrogens with two attached hydrogens (primary N) is 1. The molecule has 4 heteroatoms. The number of Topliss-reactive ketones (excluding diaryl/α,β-unsaturated/α-hetero) is 1. The van der Waals surface area contributed by atoms with Gasteiger partial charge < -0.3 is 5.73 Å². The minimum Gasteiger partial charge on any atom is -0.330 e. The maximum atomic E-state index is 12.9. The minimum atomic E-state index is -0.719. The van der Waals surface area contributed by atoms with Gasteiger partial charge in [-0.15, -0.1) is 0 Å². The molecule has 0 fully saturated rings. The number of benzene rings is 1. The molecule has 94 valence electrons. The lowest BCUT2D eigenvalue weighted by Gasteiger charge is -2.08. The summed E-state index contributed by atoms with van der Waals surface area (Å²) in [6, 6.07) is 2.89. The van der Waals surface area contributed by atoms with Crippen LogP contribution in [-0.4, -0.2) is 12.3 Å². The topological polar surface area (TPSA) is 43.1 Å². The van der Waals surface area contributed by atoms with Crippen LogP contribution in [0.1, 0.15) is 36.5 Å². The molecule has 1 aromatic rings. The van der Waals surface area contributed by atoms with E-state index in [1.54, 1.807) is 0 Å². The lowest BCUT2D eigenvalue weighted by molar-refractivity contribution is 0.0973. The van der Waals surface area contributed by atoms with Gasteiger partial charge in [0.05, 0.1) is 0 Å². The Morgan fingerprint density at radius 3 is 2.35 bits per heavy atom. The van der Waals surface area contributed by atoms with Crippen molar-refractivity contribution < 1.29 is 13.6 Å². The molecule has 0 amide bonds. The molecule has 0 radical (unpaired) electrons. The molecule has 0 aromatic heterocycles. The Morgan fingerprint density at radius 2 is 1.82 bits per heavy atom. The van der Waals surface area contributed by atoms with Crippen molar-refractivity contribution in [2.24, 2.45) is 11.7 Å². The molecule has 17 heavy (non-hydrogen) atoms. The molecule has 0 saturated heterocycles. The zero-order valence-corrected chi connectivity index (χ0v) is 9.88. The summed E-state index contributed by atoms with van der Waals surface area (Å²) in [7, 11) is 0. The zero-order chi connectivity index (χ0) is 12.8. The van der Waals surface area contributed by atoms with Crippen molar-refractivity contribution in [3.8, 4) is 0 Å². The second-order valence-electron chi connectivity index (χ2n) is 4.30. The lowest BCUT2D eigenvalue weighted by Crippen LogP contribution is -2.08. The molecule has 0 saturated carbocycles. The van der Waals surface area contributed by atoms with Crippen molar-refractivity contribution in [3.05, 3.63) is 35.4 Å². The third kappa shape index (κ3) is 4.61. The van der Waals surface area contributed by atoms with E-state index >= 15 is 0 Å². The van der Waals surface area contributed by atoms with Crippen LogP contribution in [0.25, 0.3) is 0 Å². The Labute approximate surface area is 99.8 Å². The third-order valence-electron chi connectivity index (χ3n) is 2.71. The van der Waals surface area contributed by atoms with Crippen LogP contribution in [0.2, 0.25) is 0 Å². The average Bonchev–Trinajstić information content (AvgIpc) is 2.25. The van der Waals surface area contributed by atoms with Gasteiger partial charge in [-0.3, -0.25) is 4.79 Å². The number of rotatable bonds is 6. The van der Waals surface area contributed by atoms with E-state index in [1.165, 1.54) is 0 Å². The molecule has 0 heterocycles. The van der Waals surface area contributed by atoms with Gasteiger partial charge >= 0.3 is 0 Å². The van der Waals surface area contributed by atoms with Gasteiger partial charge in [-0.25, -0.2) is 8.78 Å². The van der Waals surface area contributed by atoms with Crippen molar-refractivity contribution in [1.82, 2.24) is 0 Å². The summed E-state index contributed by atoms with van der Waals surface area (Å²) < 4.78 is 25.8. The van der Waals surface area contributed by atoms with Crippen LogP contribution in [0.5, 0.6) is 0 Å². The Bertz CT molecular complexity index is 373. The van der Waals surface area contributed by atoms with Crippen LogP contribution in [-0.2, 0) is 0 Å². The maximum Gasteiger partial charge on any atom is 0.163 e. The Balaban J connectivity index is 2.58. The van der Waals surface area contributed by atoms with E-state index in [0.717, 1.165) is 24.6 Å². The molecular formula is C13H17F2NO. The summed E-state index contributed by atoms with van der Waals surface area (Å²) in [6.45, 7) is 2.59. The van der Waals surface area contributed by atoms with Crippen LogP contribution in [0.3, 0.4) is 0 Å². The van der Waals surface area contributed by atoms with Gasteiger partial charge in [0, 0.05) is 18.1 Å². The molecule has 1 unspecified atom stereocenters. The number of carbonyl (C=O) groups is 1. The van der Waals surface area contributed by atoms with Gasteiger partial charge in [0.1, 0.15) is 11.6 Å². The molecule has 1 rings (SSSR count). The molecule has 0 spiro atoms. The summed E-state index contributed by atoms with van der Waals surface area (Å²) in [6.07, 6.45) is 1.84. The fourth-order valence-corrected chi connectivity index (χ4v) is 1.67. The van der Waals surface area contributed by atoms with Gasteiger partial charge in [0.15, 0.2) is 5.78 Å². The average molecular weight is 241 g/mol. The van der Waals surface area contributed by atoms with E-state index in [4.69, 9.17) is 5.73 Å². The highest BCUT2D eigenvalue weighted by molar-refractivity contribution is 5.96. The molecular weight excluding hydrogens is 224 g/mol. The SMILES string of the molecule is CC(CCN)CCC(=O)c1cc(F)cc(F)c1. The van der Waals surface area contributed by atoms with Crippen molar-refractivity contribution in [2.75, 3.05) is 6.54 Å². The summed E-state index contributed by atoms with van der Waals surface area (Å²) >= 11 is 0. The first-order chi connectivity index (χ1) is 8.02. The minimum absolute atomic E-state index is 0.0995. The third-order valence-corrected chi connectivity index (χ3v) is 2.71. The van der Waals surface area contributed by atoms with E-state index in [2.05, 4.69) is 0 Å². The molecule has 1 atom stereocenters. The first kappa shape index (κ1) is 13.8. The molecule has 0 aliphatic carbocycles. The number of ketones is 1. The molecule has 0 bridgehead atoms. The van der Waals surface area contributed by atoms with Crippen molar-refractivity contribution in [3.63, 3.8) is 0 Å². The maximum absolute atomic E-state index is 12.9. The quantitative estimate of drug-likeness (QED) is 0.778. The van der Waals surface area contributed by atoms with Crippen molar-refractivity contribution >= 4 is 5.78 Å². The molecule has 0 aliphatic heterocycles. The van der Waals surface area contributed by atoms with E-state index in [-0.39, 0.29) is 11.3 Å². The van der Waals surface area contributed by atoms with Crippen LogP contribution in [0.4, 0.5) is 8.78 Å². The molecule has 0 aliphatic rings. The standard InChI is InChI=1S/C13H17F2NO/c1-9(4-5-16)2-3-13(17)10-6-11(14)8-12(15)7-10/h6-9H,2-5,16H2,1H3. The lowest BCUT2D eigenvalue weighted by atomic mass is 9.97. The van der Waals surface area contributed by atoms with Crippen molar-refractivity contribution in [2.45, 2.75) is 26.2 Å². The van der Waals surface area contributed by atoms with Gasteiger partial charge in [-0.05, 0) is 37.4 Å². The first-order valence-electron chi connectivity index (χ1n) is 5.72. The largest absolute Gasteiger partial charge is 0.330 e. The molecule has 1 aromatic carbocycles. The Kier molecular flexibility index (Phi) is 5.22. The summed E-state index contributed by atoms with van der Waals surface area (Å²) in [5.74, 6) is -1.32. The number of halogens is 2. The monoisotopic (exact) mass is 241 g/mol. The smallest absolute Gasteiger partial charge is 0.163 e. The highest BCUT2D eigenvalue weighted by Crippen LogP contribution is 2.15. The van der Waals surface area contributed by atoms with E-state index < -0.39 is 11.6 Å². The van der Waals surface area contributed by atoms with Gasteiger partial charge in [-0.1, -0.05) is 6.92 Å². The number of hydrogen-bond acceptors (Lipinski definition) is 2. The van der Waals surface area contributed by atoms with Gasteiger partial charge in [-0.2, -0.15) is 0 Å². The van der Waals surface area contributed by atoms with Crippen LogP contribution < -0.4 is 5.73 Å². The van der Waals surface area contributed by atoms with E-state index in [1.807, 2.05) is 6.92 Å². The Hall–Kier alpha value is -1.29. The second kappa shape index (κ2) is 6.45. The summed E-state index contributed by atoms with van der Waals surface area (Å²) in [4.78, 5) is 11.7. The van der Waals surface area contributed by atoms with Crippen LogP contribution in [0.15, 0.2) is 18.2 Å². The highest BCUT2D eigenvalue weighted by Gasteiger charge is 2.11. The molecule has 2 nitrogen and oxygen atoms in total. The van der Waals surface area contributed by atoms with Crippen LogP contribution >= 0.6 is 0 Å². The fourth-order valence-electron chi connectivity index (χ4n) is 1.67. The van der Waals surface area contributed by atoms with E-state index in [0.29, 0.717) is 25.3 Å². The predicted octanol–water partition coefficient (Wildman–Crippen LogP) is 2.91. The normalized spacial score (nSPS) is 12.5. The van der Waals surface area contributed by atoms with Crippen molar-refractivity contribution in [1.29, 1.82) is 0 Å². The van der Waals surface area contributed by atoms with Crippen LogP contribution in [0, 0.1) is 17.6 Å². The van der Waals surface area contributed by atoms with Gasteiger partial charge in [0.25, 0.3) is 0 Å². The fraction of sp³-hybridized carbons (Fsp3) is 0.462. The first-order valence-corrected chi connectivity index (χ1v) is 5.72. The Morgan fingerprint density at radius 1 is 1.24 bits per heavy atom.